The maximum atomic E-state index is 5.26. The molecule has 13 heavy (non-hydrogen) atoms. The van der Waals surface area contributed by atoms with E-state index >= 15 is 0 Å². The van der Waals surface area contributed by atoms with E-state index in [2.05, 4.69) is 19.1 Å². The molecule has 0 unspecified atom stereocenters. The number of hydrogen-bond acceptors (Lipinski definition) is 2. The van der Waals surface area contributed by atoms with Crippen LogP contribution in [0.1, 0.15) is 12.5 Å². The van der Waals surface area contributed by atoms with Crippen LogP contribution in [0, 0.1) is 0 Å². The quantitative estimate of drug-likeness (QED) is 0.682. The second-order valence-electron chi connectivity index (χ2n) is 2.69. The normalized spacial score (nSPS) is 12.2. The monoisotopic (exact) mass is 194 g/mol. The predicted molar refractivity (Wildman–Crippen MR) is 59.6 cm³/mol. The molecule has 70 valence electrons. The largest absolute Gasteiger partial charge is 0.490 e. The Bertz CT molecular complexity index is 284. The highest BCUT2D eigenvalue weighted by Gasteiger charge is 2.02. The van der Waals surface area contributed by atoms with E-state index in [1.54, 1.807) is 18.9 Å². The minimum atomic E-state index is 0.978. The number of allylic oxidation sites excluding steroid dienone is 1. The fraction of sp³-hybridized carbons (Fsp3) is 0.273. The maximum Gasteiger partial charge on any atom is 0.156 e. The number of thioether (sulfide) groups is 1. The van der Waals surface area contributed by atoms with Crippen molar-refractivity contribution >= 4 is 17.3 Å². The van der Waals surface area contributed by atoms with E-state index < -0.39 is 0 Å². The molecule has 1 aromatic rings. The molecule has 0 aromatic heterocycles. The summed E-state index contributed by atoms with van der Waals surface area (Å²) in [4.78, 5) is 0. The van der Waals surface area contributed by atoms with Crippen molar-refractivity contribution in [2.75, 3.05) is 13.4 Å². The molecule has 0 amide bonds. The molecular weight excluding hydrogens is 180 g/mol. The molecule has 0 saturated carbocycles. The SMILES string of the molecule is CO/C(SC)=C(/C)c1ccccc1. The number of benzene rings is 1. The Morgan fingerprint density at radius 1 is 1.23 bits per heavy atom. The first-order valence-electron chi connectivity index (χ1n) is 4.14. The number of methoxy groups -OCH3 is 1. The van der Waals surface area contributed by atoms with Crippen LogP contribution in [0.3, 0.4) is 0 Å². The minimum absolute atomic E-state index is 0.978. The molecule has 2 heteroatoms. The summed E-state index contributed by atoms with van der Waals surface area (Å²) >= 11 is 1.63. The summed E-state index contributed by atoms with van der Waals surface area (Å²) in [6.45, 7) is 2.07. The van der Waals surface area contributed by atoms with E-state index in [4.69, 9.17) is 4.74 Å². The van der Waals surface area contributed by atoms with Crippen molar-refractivity contribution in [2.45, 2.75) is 6.92 Å². The van der Waals surface area contributed by atoms with Gasteiger partial charge in [-0.05, 0) is 18.7 Å². The van der Waals surface area contributed by atoms with Crippen LogP contribution in [0.4, 0.5) is 0 Å². The van der Waals surface area contributed by atoms with Gasteiger partial charge in [0.05, 0.1) is 7.11 Å². The highest BCUT2D eigenvalue weighted by molar-refractivity contribution is 8.02. The molecule has 0 atom stereocenters. The van der Waals surface area contributed by atoms with Gasteiger partial charge in [0.25, 0.3) is 0 Å². The summed E-state index contributed by atoms with van der Waals surface area (Å²) in [5.41, 5.74) is 2.41. The van der Waals surface area contributed by atoms with Crippen molar-refractivity contribution in [1.29, 1.82) is 0 Å². The molecule has 0 fully saturated rings. The van der Waals surface area contributed by atoms with Gasteiger partial charge < -0.3 is 4.74 Å². The lowest BCUT2D eigenvalue weighted by molar-refractivity contribution is 0.326. The van der Waals surface area contributed by atoms with Gasteiger partial charge in [0.1, 0.15) is 0 Å². The van der Waals surface area contributed by atoms with Crippen molar-refractivity contribution in [2.24, 2.45) is 0 Å². The lowest BCUT2D eigenvalue weighted by Crippen LogP contribution is -1.87. The lowest BCUT2D eigenvalue weighted by atomic mass is 10.1. The van der Waals surface area contributed by atoms with Crippen LogP contribution in [0.2, 0.25) is 0 Å². The molecule has 0 spiro atoms. The molecule has 0 bridgehead atoms. The molecular formula is C11H14OS. The van der Waals surface area contributed by atoms with Crippen molar-refractivity contribution < 1.29 is 4.74 Å². The lowest BCUT2D eigenvalue weighted by Gasteiger charge is -2.07. The predicted octanol–water partition coefficient (Wildman–Crippen LogP) is 3.38. The standard InChI is InChI=1S/C11H14OS/c1-9(11(12-2)13-3)10-7-5-4-6-8-10/h4-8H,1-3H3/b11-9+. The second kappa shape index (κ2) is 4.97. The molecule has 1 aromatic carbocycles. The Morgan fingerprint density at radius 2 is 1.85 bits per heavy atom. The summed E-state index contributed by atoms with van der Waals surface area (Å²) < 4.78 is 5.26. The zero-order valence-corrected chi connectivity index (χ0v) is 9.02. The summed E-state index contributed by atoms with van der Waals surface area (Å²) in [6, 6.07) is 10.3. The first-order chi connectivity index (χ1) is 6.29. The number of rotatable bonds is 3. The summed E-state index contributed by atoms with van der Waals surface area (Å²) in [5.74, 6) is 0. The molecule has 0 saturated heterocycles. The fourth-order valence-electron chi connectivity index (χ4n) is 1.20. The van der Waals surface area contributed by atoms with Crippen LogP contribution in [-0.2, 0) is 4.74 Å². The summed E-state index contributed by atoms with van der Waals surface area (Å²) in [6.07, 6.45) is 2.02. The van der Waals surface area contributed by atoms with Crippen molar-refractivity contribution in [3.8, 4) is 0 Å². The van der Waals surface area contributed by atoms with E-state index in [0.29, 0.717) is 0 Å². The van der Waals surface area contributed by atoms with Crippen LogP contribution in [0.25, 0.3) is 5.57 Å². The van der Waals surface area contributed by atoms with Gasteiger partial charge in [-0.15, -0.1) is 0 Å². The molecule has 0 aliphatic heterocycles. The molecule has 0 heterocycles. The van der Waals surface area contributed by atoms with Crippen LogP contribution in [0.15, 0.2) is 35.4 Å². The Kier molecular flexibility index (Phi) is 3.90. The van der Waals surface area contributed by atoms with Crippen LogP contribution in [0.5, 0.6) is 0 Å². The first-order valence-corrected chi connectivity index (χ1v) is 5.36. The van der Waals surface area contributed by atoms with Gasteiger partial charge in [0.15, 0.2) is 5.09 Å². The van der Waals surface area contributed by atoms with E-state index in [9.17, 15) is 0 Å². The molecule has 1 rings (SSSR count). The maximum absolute atomic E-state index is 5.26. The zero-order chi connectivity index (χ0) is 9.68. The average molecular weight is 194 g/mol. The van der Waals surface area contributed by atoms with Crippen molar-refractivity contribution in [3.63, 3.8) is 0 Å². The Hall–Kier alpha value is -0.890. The molecule has 0 aliphatic carbocycles. The van der Waals surface area contributed by atoms with Gasteiger partial charge in [0, 0.05) is 5.57 Å². The van der Waals surface area contributed by atoms with E-state index in [1.165, 1.54) is 11.1 Å². The molecule has 1 nitrogen and oxygen atoms in total. The Balaban J connectivity index is 3.01. The van der Waals surface area contributed by atoms with E-state index in [-0.39, 0.29) is 0 Å². The second-order valence-corrected chi connectivity index (χ2v) is 3.47. The zero-order valence-electron chi connectivity index (χ0n) is 8.20. The van der Waals surface area contributed by atoms with Crippen LogP contribution in [-0.4, -0.2) is 13.4 Å². The smallest absolute Gasteiger partial charge is 0.156 e. The van der Waals surface area contributed by atoms with Crippen molar-refractivity contribution in [3.05, 3.63) is 41.0 Å². The van der Waals surface area contributed by atoms with Crippen LogP contribution >= 0.6 is 11.8 Å². The van der Waals surface area contributed by atoms with Gasteiger partial charge >= 0.3 is 0 Å². The Labute approximate surface area is 83.8 Å². The minimum Gasteiger partial charge on any atom is -0.490 e. The first kappa shape index (κ1) is 10.2. The van der Waals surface area contributed by atoms with E-state index in [0.717, 1.165) is 5.09 Å². The fourth-order valence-corrected chi connectivity index (χ4v) is 1.79. The third-order valence-corrected chi connectivity index (χ3v) is 2.73. The summed E-state index contributed by atoms with van der Waals surface area (Å²) in [5, 5.41) is 0.978. The third-order valence-electron chi connectivity index (χ3n) is 1.88. The van der Waals surface area contributed by atoms with Gasteiger partial charge in [-0.2, -0.15) is 0 Å². The number of hydrogen-bond donors (Lipinski definition) is 0. The molecule has 0 aliphatic rings. The van der Waals surface area contributed by atoms with Gasteiger partial charge in [0.2, 0.25) is 0 Å². The van der Waals surface area contributed by atoms with Crippen molar-refractivity contribution in [1.82, 2.24) is 0 Å². The Morgan fingerprint density at radius 3 is 2.31 bits per heavy atom. The van der Waals surface area contributed by atoms with Crippen LogP contribution < -0.4 is 0 Å². The third kappa shape index (κ3) is 2.52. The van der Waals surface area contributed by atoms with Gasteiger partial charge in [-0.1, -0.05) is 42.1 Å². The van der Waals surface area contributed by atoms with Gasteiger partial charge in [-0.25, -0.2) is 0 Å². The van der Waals surface area contributed by atoms with Gasteiger partial charge in [-0.3, -0.25) is 0 Å². The average Bonchev–Trinajstić information content (AvgIpc) is 2.21. The molecule has 0 radical (unpaired) electrons. The molecule has 0 N–H and O–H groups in total. The highest BCUT2D eigenvalue weighted by Crippen LogP contribution is 2.24. The topological polar surface area (TPSA) is 9.23 Å². The highest BCUT2D eigenvalue weighted by atomic mass is 32.2. The number of ether oxygens (including phenoxy) is 1. The van der Waals surface area contributed by atoms with E-state index in [1.807, 2.05) is 24.5 Å². The summed E-state index contributed by atoms with van der Waals surface area (Å²) in [7, 11) is 1.71.